The van der Waals surface area contributed by atoms with Gasteiger partial charge in [0.05, 0.1) is 33.0 Å². The molecule has 0 spiro atoms. The first-order valence-electron chi connectivity index (χ1n) is 14.8. The van der Waals surface area contributed by atoms with Crippen LogP contribution in [0, 0.1) is 0 Å². The molecule has 8 nitrogen and oxygen atoms in total. The van der Waals surface area contributed by atoms with Crippen LogP contribution in [0.4, 0.5) is 0 Å². The third-order valence-corrected chi connectivity index (χ3v) is 9.04. The van der Waals surface area contributed by atoms with Gasteiger partial charge in [-0.15, -0.1) is 0 Å². The zero-order valence-corrected chi connectivity index (χ0v) is 23.5. The lowest BCUT2D eigenvalue weighted by Gasteiger charge is -2.10. The number of rotatable bonds is 3. The molecule has 0 amide bonds. The molecule has 0 N–H and O–H groups in total. The van der Waals surface area contributed by atoms with Crippen LogP contribution in [0.15, 0.2) is 120 Å². The Morgan fingerprint density at radius 3 is 2.27 bits per heavy atom. The van der Waals surface area contributed by atoms with Crippen molar-refractivity contribution in [2.75, 3.05) is 0 Å². The van der Waals surface area contributed by atoms with E-state index in [4.69, 9.17) is 19.4 Å². The van der Waals surface area contributed by atoms with E-state index in [0.717, 1.165) is 60.3 Å². The smallest absolute Gasteiger partial charge is 0.238 e. The lowest BCUT2D eigenvalue weighted by Crippen LogP contribution is -2.07. The van der Waals surface area contributed by atoms with Gasteiger partial charge in [-0.3, -0.25) is 14.5 Å². The van der Waals surface area contributed by atoms with Crippen LogP contribution in [0.3, 0.4) is 0 Å². The number of pyridine rings is 2. The van der Waals surface area contributed by atoms with E-state index in [0.29, 0.717) is 23.3 Å². The van der Waals surface area contributed by atoms with Crippen LogP contribution in [0.25, 0.3) is 99.9 Å². The maximum Gasteiger partial charge on any atom is 0.238 e. The SMILES string of the molecule is c1ccc(-c2nc(-c3cccnc3)nc(-n3c4ccc5oc6ccc7c8ccccc8n8c9cccc3c9c4c5c6c78)n2)nc1. The molecular weight excluding hydrogens is 558 g/mol. The molecule has 0 radical (unpaired) electrons. The maximum absolute atomic E-state index is 6.53. The fraction of sp³-hybridized carbons (Fsp3) is 0. The average molecular weight is 578 g/mol. The van der Waals surface area contributed by atoms with Crippen molar-refractivity contribution < 1.29 is 4.42 Å². The molecule has 0 saturated carbocycles. The largest absolute Gasteiger partial charge is 0.456 e. The van der Waals surface area contributed by atoms with Gasteiger partial charge in [0, 0.05) is 51.1 Å². The first-order chi connectivity index (χ1) is 22.3. The second-order valence-corrected chi connectivity index (χ2v) is 11.4. The zero-order chi connectivity index (χ0) is 29.2. The molecule has 0 bridgehead atoms. The molecule has 11 aromatic rings. The van der Waals surface area contributed by atoms with Crippen LogP contribution >= 0.6 is 0 Å². The molecule has 0 aliphatic carbocycles. The van der Waals surface area contributed by atoms with Gasteiger partial charge in [-0.1, -0.05) is 30.3 Å². The predicted molar refractivity (Wildman–Crippen MR) is 176 cm³/mol. The van der Waals surface area contributed by atoms with Crippen molar-refractivity contribution in [3.63, 3.8) is 0 Å². The van der Waals surface area contributed by atoms with E-state index in [-0.39, 0.29) is 0 Å². The van der Waals surface area contributed by atoms with Crippen molar-refractivity contribution in [2.45, 2.75) is 0 Å². The third-order valence-electron chi connectivity index (χ3n) is 9.04. The number of benzene rings is 4. The molecule has 208 valence electrons. The average Bonchev–Trinajstić information content (AvgIpc) is 3.73. The van der Waals surface area contributed by atoms with Crippen molar-refractivity contribution in [3.8, 4) is 28.9 Å². The molecule has 0 aliphatic heterocycles. The highest BCUT2D eigenvalue weighted by molar-refractivity contribution is 6.36. The van der Waals surface area contributed by atoms with E-state index in [1.807, 2.05) is 30.3 Å². The van der Waals surface area contributed by atoms with Gasteiger partial charge in [-0.25, -0.2) is 4.98 Å². The van der Waals surface area contributed by atoms with Crippen LogP contribution in [0.2, 0.25) is 0 Å². The Hall–Kier alpha value is -6.41. The minimum absolute atomic E-state index is 0.493. The molecule has 7 heterocycles. The van der Waals surface area contributed by atoms with E-state index in [2.05, 4.69) is 85.7 Å². The Balaban J connectivity index is 1.36. The monoisotopic (exact) mass is 577 g/mol. The normalized spacial score (nSPS) is 12.4. The number of hydrogen-bond acceptors (Lipinski definition) is 6. The maximum atomic E-state index is 6.53. The Morgan fingerprint density at radius 2 is 1.36 bits per heavy atom. The summed E-state index contributed by atoms with van der Waals surface area (Å²) in [4.78, 5) is 23.9. The summed E-state index contributed by atoms with van der Waals surface area (Å²) >= 11 is 0. The second kappa shape index (κ2) is 8.15. The molecule has 45 heavy (non-hydrogen) atoms. The summed E-state index contributed by atoms with van der Waals surface area (Å²) in [5.74, 6) is 1.53. The molecule has 8 heteroatoms. The highest BCUT2D eigenvalue weighted by Crippen LogP contribution is 2.48. The highest BCUT2D eigenvalue weighted by Gasteiger charge is 2.27. The van der Waals surface area contributed by atoms with Crippen molar-refractivity contribution in [1.82, 2.24) is 33.9 Å². The summed E-state index contributed by atoms with van der Waals surface area (Å²) in [6, 6.07) is 33.2. The van der Waals surface area contributed by atoms with Crippen molar-refractivity contribution in [3.05, 3.63) is 116 Å². The Bertz CT molecular complexity index is 2860. The number of para-hydroxylation sites is 1. The van der Waals surface area contributed by atoms with E-state index in [1.165, 1.54) is 16.3 Å². The summed E-state index contributed by atoms with van der Waals surface area (Å²) in [7, 11) is 0. The van der Waals surface area contributed by atoms with Gasteiger partial charge in [0.1, 0.15) is 16.9 Å². The standard InChI is InChI=1S/C37H19N7O/c1-2-10-24-21(8-1)22-13-15-29-33-32-28(45-29)16-14-27-31(32)30-25(43(24)34(22)33)11-5-12-26(30)44(27)37-41-35(20-7-6-17-38-19-20)40-36(42-37)23-9-3-4-18-39-23/h1-19H. The molecule has 0 unspecified atom stereocenters. The van der Waals surface area contributed by atoms with E-state index in [9.17, 15) is 0 Å². The zero-order valence-electron chi connectivity index (χ0n) is 23.5. The molecule has 7 aromatic heterocycles. The Labute approximate surface area is 253 Å². The topological polar surface area (TPSA) is 86.9 Å². The van der Waals surface area contributed by atoms with Gasteiger partial charge in [-0.2, -0.15) is 9.97 Å². The van der Waals surface area contributed by atoms with Gasteiger partial charge in [0.15, 0.2) is 11.6 Å². The number of fused-ring (bicyclic) bond motifs is 4. The molecular formula is C37H19N7O. The van der Waals surface area contributed by atoms with Gasteiger partial charge < -0.3 is 8.82 Å². The molecule has 0 fully saturated rings. The third kappa shape index (κ3) is 2.88. The van der Waals surface area contributed by atoms with Crippen LogP contribution < -0.4 is 0 Å². The highest BCUT2D eigenvalue weighted by atomic mass is 16.3. The molecule has 11 rings (SSSR count). The Morgan fingerprint density at radius 1 is 0.533 bits per heavy atom. The van der Waals surface area contributed by atoms with Gasteiger partial charge in [0.2, 0.25) is 5.95 Å². The van der Waals surface area contributed by atoms with Crippen LogP contribution in [0.1, 0.15) is 0 Å². The number of aromatic nitrogens is 7. The number of furan rings is 1. The summed E-state index contributed by atoms with van der Waals surface area (Å²) < 4.78 is 11.1. The first kappa shape index (κ1) is 23.1. The predicted octanol–water partition coefficient (Wildman–Crippen LogP) is 8.43. The molecule has 0 atom stereocenters. The van der Waals surface area contributed by atoms with Crippen LogP contribution in [-0.4, -0.2) is 33.9 Å². The molecule has 4 aromatic carbocycles. The van der Waals surface area contributed by atoms with Gasteiger partial charge in [-0.05, 0) is 66.7 Å². The minimum Gasteiger partial charge on any atom is -0.456 e. The molecule has 0 aliphatic rings. The van der Waals surface area contributed by atoms with Crippen LogP contribution in [0.5, 0.6) is 0 Å². The van der Waals surface area contributed by atoms with Crippen molar-refractivity contribution in [1.29, 1.82) is 0 Å². The van der Waals surface area contributed by atoms with Crippen molar-refractivity contribution in [2.24, 2.45) is 0 Å². The van der Waals surface area contributed by atoms with Crippen molar-refractivity contribution >= 4 is 71.1 Å². The number of nitrogens with zero attached hydrogens (tertiary/aromatic N) is 7. The first-order valence-corrected chi connectivity index (χ1v) is 14.8. The summed E-state index contributed by atoms with van der Waals surface area (Å²) in [6.45, 7) is 0. The summed E-state index contributed by atoms with van der Waals surface area (Å²) in [5, 5.41) is 6.92. The van der Waals surface area contributed by atoms with Gasteiger partial charge >= 0.3 is 0 Å². The Kier molecular flexibility index (Phi) is 4.18. The summed E-state index contributed by atoms with van der Waals surface area (Å²) in [6.07, 6.45) is 5.27. The molecule has 0 saturated heterocycles. The fourth-order valence-electron chi connectivity index (χ4n) is 7.28. The lowest BCUT2D eigenvalue weighted by atomic mass is 10.0. The van der Waals surface area contributed by atoms with E-state index < -0.39 is 0 Å². The minimum atomic E-state index is 0.493. The quantitative estimate of drug-likeness (QED) is 0.209. The second-order valence-electron chi connectivity index (χ2n) is 11.4. The fourth-order valence-corrected chi connectivity index (χ4v) is 7.28. The number of hydrogen-bond donors (Lipinski definition) is 0. The van der Waals surface area contributed by atoms with Crippen LogP contribution in [-0.2, 0) is 0 Å². The van der Waals surface area contributed by atoms with E-state index >= 15 is 0 Å². The van der Waals surface area contributed by atoms with Gasteiger partial charge in [0.25, 0.3) is 0 Å². The van der Waals surface area contributed by atoms with E-state index in [1.54, 1.807) is 18.6 Å². The summed E-state index contributed by atoms with van der Waals surface area (Å²) in [5.41, 5.74) is 8.65. The lowest BCUT2D eigenvalue weighted by molar-refractivity contribution is 0.669.